The number of ether oxygens (including phenoxy) is 2. The van der Waals surface area contributed by atoms with Gasteiger partial charge in [-0.1, -0.05) is 0 Å². The van der Waals surface area contributed by atoms with Crippen LogP contribution in [0.5, 0.6) is 0 Å². The van der Waals surface area contributed by atoms with Gasteiger partial charge in [0.1, 0.15) is 0 Å². The Hall–Kier alpha value is -0.160. The van der Waals surface area contributed by atoms with E-state index in [0.717, 1.165) is 32.7 Å². The van der Waals surface area contributed by atoms with Crippen molar-refractivity contribution in [3.05, 3.63) is 0 Å². The highest BCUT2D eigenvalue weighted by Crippen LogP contribution is 2.24. The van der Waals surface area contributed by atoms with Gasteiger partial charge < -0.3 is 14.6 Å². The van der Waals surface area contributed by atoms with E-state index in [1.54, 1.807) is 0 Å². The first-order valence-corrected chi connectivity index (χ1v) is 5.84. The summed E-state index contributed by atoms with van der Waals surface area (Å²) in [6.07, 6.45) is 0.753. The van der Waals surface area contributed by atoms with Crippen molar-refractivity contribution in [1.29, 1.82) is 0 Å². The topological polar surface area (TPSA) is 41.9 Å². The van der Waals surface area contributed by atoms with Crippen LogP contribution in [0.4, 0.5) is 0 Å². The van der Waals surface area contributed by atoms with Gasteiger partial charge in [0.2, 0.25) is 0 Å². The molecule has 0 amide bonds. The molecule has 4 nitrogen and oxygen atoms in total. The number of hydrogen-bond donors (Lipinski definition) is 1. The van der Waals surface area contributed by atoms with Gasteiger partial charge in [0, 0.05) is 19.1 Å². The Morgan fingerprint density at radius 1 is 1.20 bits per heavy atom. The van der Waals surface area contributed by atoms with Gasteiger partial charge in [-0.15, -0.1) is 0 Å². The summed E-state index contributed by atoms with van der Waals surface area (Å²) in [6.45, 7) is 7.46. The SMILES string of the molecule is C[C@@H]1C[C@H](N2CCOCC2)[C@@H](O)[C@H](C)O1. The molecule has 88 valence electrons. The fourth-order valence-electron chi connectivity index (χ4n) is 2.57. The molecule has 2 aliphatic rings. The third-order valence-electron chi connectivity index (χ3n) is 3.41. The van der Waals surface area contributed by atoms with E-state index < -0.39 is 0 Å². The standard InChI is InChI=1S/C11H21NO3/c1-8-7-10(11(13)9(2)15-8)12-3-5-14-6-4-12/h8-11,13H,3-7H2,1-2H3/t8-,9+,10+,11+/m1/s1. The van der Waals surface area contributed by atoms with Gasteiger partial charge in [0.05, 0.1) is 31.5 Å². The molecule has 2 heterocycles. The van der Waals surface area contributed by atoms with Crippen LogP contribution in [0.25, 0.3) is 0 Å². The number of aliphatic hydroxyl groups is 1. The normalized spacial score (nSPS) is 44.2. The van der Waals surface area contributed by atoms with Gasteiger partial charge in [0.15, 0.2) is 0 Å². The van der Waals surface area contributed by atoms with Crippen molar-refractivity contribution < 1.29 is 14.6 Å². The predicted octanol–water partition coefficient (Wildman–Crippen LogP) is 0.245. The van der Waals surface area contributed by atoms with Gasteiger partial charge in [-0.05, 0) is 20.3 Å². The molecular weight excluding hydrogens is 194 g/mol. The van der Waals surface area contributed by atoms with Crippen molar-refractivity contribution in [2.24, 2.45) is 0 Å². The molecule has 0 saturated carbocycles. The lowest BCUT2D eigenvalue weighted by Crippen LogP contribution is -2.56. The number of hydrogen-bond acceptors (Lipinski definition) is 4. The minimum Gasteiger partial charge on any atom is -0.389 e. The predicted molar refractivity (Wildman–Crippen MR) is 56.8 cm³/mol. The Morgan fingerprint density at radius 3 is 2.53 bits per heavy atom. The van der Waals surface area contributed by atoms with E-state index in [1.165, 1.54) is 0 Å². The van der Waals surface area contributed by atoms with Crippen LogP contribution in [0.2, 0.25) is 0 Å². The average Bonchev–Trinajstić information content (AvgIpc) is 2.24. The molecule has 2 saturated heterocycles. The monoisotopic (exact) mass is 215 g/mol. The summed E-state index contributed by atoms with van der Waals surface area (Å²) in [5.74, 6) is 0. The highest BCUT2D eigenvalue weighted by atomic mass is 16.5. The number of nitrogens with zero attached hydrogens (tertiary/aromatic N) is 1. The largest absolute Gasteiger partial charge is 0.389 e. The van der Waals surface area contributed by atoms with Crippen LogP contribution in [-0.2, 0) is 9.47 Å². The van der Waals surface area contributed by atoms with E-state index in [9.17, 15) is 5.11 Å². The molecule has 2 rings (SSSR count). The van der Waals surface area contributed by atoms with Crippen molar-refractivity contribution >= 4 is 0 Å². The molecule has 4 heteroatoms. The van der Waals surface area contributed by atoms with Crippen LogP contribution in [0, 0.1) is 0 Å². The van der Waals surface area contributed by atoms with Crippen LogP contribution in [0.1, 0.15) is 20.3 Å². The molecular formula is C11H21NO3. The molecule has 0 bridgehead atoms. The van der Waals surface area contributed by atoms with Crippen LogP contribution < -0.4 is 0 Å². The lowest BCUT2D eigenvalue weighted by atomic mass is 9.95. The second-order valence-corrected chi connectivity index (χ2v) is 4.59. The van der Waals surface area contributed by atoms with Crippen LogP contribution >= 0.6 is 0 Å². The lowest BCUT2D eigenvalue weighted by Gasteiger charge is -2.44. The third-order valence-corrected chi connectivity index (χ3v) is 3.41. The van der Waals surface area contributed by atoms with Gasteiger partial charge >= 0.3 is 0 Å². The summed E-state index contributed by atoms with van der Waals surface area (Å²) in [5.41, 5.74) is 0. The van der Waals surface area contributed by atoms with Crippen molar-refractivity contribution in [1.82, 2.24) is 4.90 Å². The van der Waals surface area contributed by atoms with Gasteiger partial charge in [-0.3, -0.25) is 4.90 Å². The van der Waals surface area contributed by atoms with Crippen molar-refractivity contribution in [3.63, 3.8) is 0 Å². The quantitative estimate of drug-likeness (QED) is 0.680. The molecule has 4 atom stereocenters. The molecule has 2 aliphatic heterocycles. The maximum atomic E-state index is 10.1. The van der Waals surface area contributed by atoms with E-state index in [4.69, 9.17) is 9.47 Å². The Balaban J connectivity index is 1.98. The summed E-state index contributed by atoms with van der Waals surface area (Å²) in [7, 11) is 0. The molecule has 0 spiro atoms. The second-order valence-electron chi connectivity index (χ2n) is 4.59. The van der Waals surface area contributed by atoms with E-state index in [0.29, 0.717) is 0 Å². The number of rotatable bonds is 1. The Bertz CT molecular complexity index is 206. The zero-order valence-corrected chi connectivity index (χ0v) is 9.56. The van der Waals surface area contributed by atoms with Crippen LogP contribution in [0.15, 0.2) is 0 Å². The van der Waals surface area contributed by atoms with Crippen LogP contribution in [-0.4, -0.2) is 60.7 Å². The van der Waals surface area contributed by atoms with Crippen molar-refractivity contribution in [3.8, 4) is 0 Å². The van der Waals surface area contributed by atoms with Crippen molar-refractivity contribution in [2.45, 2.75) is 44.6 Å². The fourth-order valence-corrected chi connectivity index (χ4v) is 2.57. The summed E-state index contributed by atoms with van der Waals surface area (Å²) >= 11 is 0. The molecule has 0 aromatic carbocycles. The first-order valence-electron chi connectivity index (χ1n) is 5.84. The molecule has 0 aromatic rings. The Kier molecular flexibility index (Phi) is 3.61. The summed E-state index contributed by atoms with van der Waals surface area (Å²) in [4.78, 5) is 2.34. The smallest absolute Gasteiger partial charge is 0.0954 e. The lowest BCUT2D eigenvalue weighted by molar-refractivity contribution is -0.149. The molecule has 0 aliphatic carbocycles. The van der Waals surface area contributed by atoms with Crippen molar-refractivity contribution in [2.75, 3.05) is 26.3 Å². The van der Waals surface area contributed by atoms with E-state index in [2.05, 4.69) is 11.8 Å². The highest BCUT2D eigenvalue weighted by molar-refractivity contribution is 4.89. The maximum absolute atomic E-state index is 10.1. The molecule has 15 heavy (non-hydrogen) atoms. The first-order chi connectivity index (χ1) is 7.18. The molecule has 1 N–H and O–H groups in total. The summed E-state index contributed by atoms with van der Waals surface area (Å²) in [6, 6.07) is 0.243. The molecule has 0 unspecified atom stereocenters. The van der Waals surface area contributed by atoms with E-state index in [1.807, 2.05) is 6.92 Å². The first kappa shape index (κ1) is 11.3. The zero-order valence-electron chi connectivity index (χ0n) is 9.56. The fraction of sp³-hybridized carbons (Fsp3) is 1.00. The van der Waals surface area contributed by atoms with Gasteiger partial charge in [-0.25, -0.2) is 0 Å². The average molecular weight is 215 g/mol. The number of morpholine rings is 1. The van der Waals surface area contributed by atoms with Gasteiger partial charge in [-0.2, -0.15) is 0 Å². The Labute approximate surface area is 91.2 Å². The number of aliphatic hydroxyl groups excluding tert-OH is 1. The molecule has 0 radical (unpaired) electrons. The molecule has 2 fully saturated rings. The van der Waals surface area contributed by atoms with Crippen LogP contribution in [0.3, 0.4) is 0 Å². The van der Waals surface area contributed by atoms with Gasteiger partial charge in [0.25, 0.3) is 0 Å². The zero-order chi connectivity index (χ0) is 10.8. The minimum atomic E-state index is -0.362. The third kappa shape index (κ3) is 2.50. The molecule has 0 aromatic heterocycles. The second kappa shape index (κ2) is 4.78. The van der Waals surface area contributed by atoms with E-state index in [-0.39, 0.29) is 24.4 Å². The maximum Gasteiger partial charge on any atom is 0.0954 e. The van der Waals surface area contributed by atoms with E-state index >= 15 is 0 Å². The summed E-state index contributed by atoms with van der Waals surface area (Å²) < 4.78 is 10.9. The minimum absolute atomic E-state index is 0.0541. The highest BCUT2D eigenvalue weighted by Gasteiger charge is 2.37. The Morgan fingerprint density at radius 2 is 1.87 bits per heavy atom. The summed E-state index contributed by atoms with van der Waals surface area (Å²) in [5, 5.41) is 10.1.